The number of piperazine rings is 1. The molecule has 8 nitrogen and oxygen atoms in total. The summed E-state index contributed by atoms with van der Waals surface area (Å²) in [6.07, 6.45) is 0. The highest BCUT2D eigenvalue weighted by Gasteiger charge is 2.26. The van der Waals surface area contributed by atoms with Crippen molar-refractivity contribution in [3.8, 4) is 0 Å². The summed E-state index contributed by atoms with van der Waals surface area (Å²) in [7, 11) is -0.632. The number of benzene rings is 1. The normalized spacial score (nSPS) is 18.1. The van der Waals surface area contributed by atoms with Gasteiger partial charge in [0.1, 0.15) is 0 Å². The van der Waals surface area contributed by atoms with E-state index in [-0.39, 0.29) is 29.9 Å². The van der Waals surface area contributed by atoms with Crippen LogP contribution in [0.1, 0.15) is 17.3 Å². The first-order chi connectivity index (χ1) is 12.9. The largest absolute Gasteiger partial charge is 0.383 e. The van der Waals surface area contributed by atoms with Crippen molar-refractivity contribution in [3.05, 3.63) is 29.8 Å². The predicted octanol–water partition coefficient (Wildman–Crippen LogP) is 0.404. The van der Waals surface area contributed by atoms with Crippen molar-refractivity contribution in [2.45, 2.75) is 17.9 Å². The number of nitrogens with one attached hydrogen (secondary N) is 1. The molecule has 1 aromatic rings. The van der Waals surface area contributed by atoms with E-state index in [9.17, 15) is 13.2 Å². The summed E-state index contributed by atoms with van der Waals surface area (Å²) in [6, 6.07) is 6.24. The van der Waals surface area contributed by atoms with Crippen LogP contribution in [0.25, 0.3) is 0 Å². The molecule has 1 N–H and O–H groups in total. The maximum absolute atomic E-state index is 12.9. The molecular formula is C18H29N3O5S. The van der Waals surface area contributed by atoms with Crippen molar-refractivity contribution < 1.29 is 22.7 Å². The summed E-state index contributed by atoms with van der Waals surface area (Å²) >= 11 is 0. The molecule has 0 radical (unpaired) electrons. The van der Waals surface area contributed by atoms with Crippen LogP contribution in [0.2, 0.25) is 0 Å². The molecule has 0 unspecified atom stereocenters. The Bertz CT molecular complexity index is 700. The fraction of sp³-hybridized carbons (Fsp3) is 0.611. The maximum Gasteiger partial charge on any atom is 0.254 e. The number of hydrogen-bond donors (Lipinski definition) is 1. The molecule has 1 saturated heterocycles. The third-order valence-electron chi connectivity index (χ3n) is 4.59. The first-order valence-corrected chi connectivity index (χ1v) is 10.5. The van der Waals surface area contributed by atoms with Gasteiger partial charge in [0.15, 0.2) is 0 Å². The van der Waals surface area contributed by atoms with Gasteiger partial charge in [0.2, 0.25) is 10.0 Å². The third-order valence-corrected chi connectivity index (χ3v) is 6.50. The monoisotopic (exact) mass is 399 g/mol. The molecule has 0 aromatic heterocycles. The molecule has 2 rings (SSSR count). The second-order valence-corrected chi connectivity index (χ2v) is 8.40. The molecule has 1 atom stereocenters. The minimum Gasteiger partial charge on any atom is -0.383 e. The van der Waals surface area contributed by atoms with E-state index in [1.165, 1.54) is 30.7 Å². The first kappa shape index (κ1) is 21.8. The molecular weight excluding hydrogens is 370 g/mol. The van der Waals surface area contributed by atoms with Crippen molar-refractivity contribution in [2.75, 3.05) is 60.2 Å². The molecule has 1 amide bonds. The summed E-state index contributed by atoms with van der Waals surface area (Å²) in [5.74, 6) is -0.0800. The van der Waals surface area contributed by atoms with Gasteiger partial charge in [0.05, 0.1) is 18.1 Å². The lowest BCUT2D eigenvalue weighted by Gasteiger charge is -2.34. The second kappa shape index (κ2) is 10.1. The Hall–Kier alpha value is -1.52. The number of hydrogen-bond acceptors (Lipinski definition) is 6. The Morgan fingerprint density at radius 3 is 2.30 bits per heavy atom. The molecule has 152 valence electrons. The molecule has 0 spiro atoms. The third kappa shape index (κ3) is 5.49. The number of methoxy groups -OCH3 is 2. The zero-order valence-corrected chi connectivity index (χ0v) is 17.0. The summed E-state index contributed by atoms with van der Waals surface area (Å²) in [6.45, 7) is 5.21. The van der Waals surface area contributed by atoms with Gasteiger partial charge >= 0.3 is 0 Å². The van der Waals surface area contributed by atoms with Gasteiger partial charge in [-0.15, -0.1) is 0 Å². The number of amides is 1. The average Bonchev–Trinajstić information content (AvgIpc) is 2.68. The lowest BCUT2D eigenvalue weighted by atomic mass is 10.1. The van der Waals surface area contributed by atoms with E-state index in [2.05, 4.69) is 5.32 Å². The molecule has 1 aromatic carbocycles. The van der Waals surface area contributed by atoms with Crippen molar-refractivity contribution in [1.82, 2.24) is 14.5 Å². The van der Waals surface area contributed by atoms with Crippen molar-refractivity contribution in [3.63, 3.8) is 0 Å². The van der Waals surface area contributed by atoms with Crippen LogP contribution in [0.4, 0.5) is 0 Å². The number of nitrogens with zero attached hydrogens (tertiary/aromatic N) is 2. The van der Waals surface area contributed by atoms with Crippen molar-refractivity contribution >= 4 is 15.9 Å². The zero-order chi connectivity index (χ0) is 19.9. The average molecular weight is 400 g/mol. The Morgan fingerprint density at radius 2 is 1.78 bits per heavy atom. The Kier molecular flexibility index (Phi) is 8.18. The molecule has 0 saturated carbocycles. The summed E-state index contributed by atoms with van der Waals surface area (Å²) < 4.78 is 37.1. The molecule has 0 bridgehead atoms. The molecule has 1 fully saturated rings. The van der Waals surface area contributed by atoms with E-state index in [4.69, 9.17) is 9.47 Å². The standard InChI is InChI=1S/C18H29N3O5S/c1-15-14-19-8-9-21(15)18(22)16-4-6-17(7-5-16)27(23,24)20(10-12-25-2)11-13-26-3/h4-7,15,19H,8-14H2,1-3H3/t15-/m0/s1. The quantitative estimate of drug-likeness (QED) is 0.647. The van der Waals surface area contributed by atoms with Gasteiger partial charge in [-0.25, -0.2) is 8.42 Å². The smallest absolute Gasteiger partial charge is 0.254 e. The predicted molar refractivity (Wildman–Crippen MR) is 102 cm³/mol. The zero-order valence-electron chi connectivity index (χ0n) is 16.2. The number of rotatable bonds is 9. The minimum atomic E-state index is -3.69. The van der Waals surface area contributed by atoms with E-state index >= 15 is 0 Å². The van der Waals surface area contributed by atoms with Crippen LogP contribution in [0.15, 0.2) is 29.2 Å². The molecule has 1 heterocycles. The van der Waals surface area contributed by atoms with Gasteiger partial charge in [-0.2, -0.15) is 4.31 Å². The summed E-state index contributed by atoms with van der Waals surface area (Å²) in [4.78, 5) is 14.7. The van der Waals surface area contributed by atoms with Gasteiger partial charge < -0.3 is 19.7 Å². The summed E-state index contributed by atoms with van der Waals surface area (Å²) in [5, 5.41) is 3.25. The maximum atomic E-state index is 12.9. The second-order valence-electron chi connectivity index (χ2n) is 6.47. The number of sulfonamides is 1. The van der Waals surface area contributed by atoms with Gasteiger partial charge in [-0.3, -0.25) is 4.79 Å². The first-order valence-electron chi connectivity index (χ1n) is 9.01. The van der Waals surface area contributed by atoms with Crippen molar-refractivity contribution in [1.29, 1.82) is 0 Å². The van der Waals surface area contributed by atoms with E-state index < -0.39 is 10.0 Å². The SMILES string of the molecule is COCCN(CCOC)S(=O)(=O)c1ccc(C(=O)N2CCNC[C@@H]2C)cc1. The molecule has 9 heteroatoms. The molecule has 27 heavy (non-hydrogen) atoms. The molecule has 1 aliphatic heterocycles. The van der Waals surface area contributed by atoms with E-state index in [0.717, 1.165) is 13.1 Å². The number of carbonyl (C=O) groups is 1. The topological polar surface area (TPSA) is 88.2 Å². The highest BCUT2D eigenvalue weighted by Crippen LogP contribution is 2.18. The van der Waals surface area contributed by atoms with E-state index in [0.29, 0.717) is 25.3 Å². The van der Waals surface area contributed by atoms with E-state index in [1.807, 2.05) is 11.8 Å². The lowest BCUT2D eigenvalue weighted by molar-refractivity contribution is 0.0655. The van der Waals surface area contributed by atoms with Crippen LogP contribution < -0.4 is 5.32 Å². The van der Waals surface area contributed by atoms with Crippen LogP contribution in [0.5, 0.6) is 0 Å². The van der Waals surface area contributed by atoms with Crippen LogP contribution in [0.3, 0.4) is 0 Å². The Labute approximate surface area is 161 Å². The fourth-order valence-electron chi connectivity index (χ4n) is 2.97. The fourth-order valence-corrected chi connectivity index (χ4v) is 4.37. The lowest BCUT2D eigenvalue weighted by Crippen LogP contribution is -2.52. The van der Waals surface area contributed by atoms with Crippen molar-refractivity contribution in [2.24, 2.45) is 0 Å². The Morgan fingerprint density at radius 1 is 1.19 bits per heavy atom. The van der Waals surface area contributed by atoms with Crippen LogP contribution in [-0.2, 0) is 19.5 Å². The van der Waals surface area contributed by atoms with Gasteiger partial charge in [0, 0.05) is 58.5 Å². The molecule has 0 aliphatic carbocycles. The highest BCUT2D eigenvalue weighted by atomic mass is 32.2. The molecule has 1 aliphatic rings. The van der Waals surface area contributed by atoms with Gasteiger partial charge in [-0.05, 0) is 31.2 Å². The van der Waals surface area contributed by atoms with Crippen LogP contribution in [-0.4, -0.2) is 89.7 Å². The Balaban J connectivity index is 2.17. The van der Waals surface area contributed by atoms with Crippen LogP contribution >= 0.6 is 0 Å². The highest BCUT2D eigenvalue weighted by molar-refractivity contribution is 7.89. The van der Waals surface area contributed by atoms with Gasteiger partial charge in [-0.1, -0.05) is 0 Å². The van der Waals surface area contributed by atoms with Crippen LogP contribution in [0, 0.1) is 0 Å². The number of ether oxygens (including phenoxy) is 2. The van der Waals surface area contributed by atoms with Gasteiger partial charge in [0.25, 0.3) is 5.91 Å². The minimum absolute atomic E-state index is 0.0800. The van der Waals surface area contributed by atoms with E-state index in [1.54, 1.807) is 12.1 Å². The number of carbonyl (C=O) groups excluding carboxylic acids is 1. The summed E-state index contributed by atoms with van der Waals surface area (Å²) in [5.41, 5.74) is 0.489.